The van der Waals surface area contributed by atoms with Gasteiger partial charge in [0.2, 0.25) is 11.5 Å². The highest BCUT2D eigenvalue weighted by atomic mass is 16.5. The topological polar surface area (TPSA) is 95.8 Å². The minimum absolute atomic E-state index is 0.0397. The summed E-state index contributed by atoms with van der Waals surface area (Å²) < 4.78 is 33.4. The highest BCUT2D eigenvalue weighted by Gasteiger charge is 2.48. The first-order chi connectivity index (χ1) is 14.5. The summed E-state index contributed by atoms with van der Waals surface area (Å²) in [6, 6.07) is 7.07. The number of hydrogen-bond acceptors (Lipinski definition) is 8. The van der Waals surface area contributed by atoms with E-state index in [1.165, 1.54) is 28.4 Å². The van der Waals surface area contributed by atoms with Gasteiger partial charge in [-0.1, -0.05) is 0 Å². The molecule has 0 amide bonds. The average molecular weight is 418 g/mol. The number of methoxy groups -OCH3 is 4. The lowest BCUT2D eigenvalue weighted by Crippen LogP contribution is -2.15. The number of hydrogen-bond donors (Lipinski definition) is 2. The lowest BCUT2D eigenvalue weighted by atomic mass is 9.84. The van der Waals surface area contributed by atoms with Crippen molar-refractivity contribution in [2.24, 2.45) is 11.8 Å². The van der Waals surface area contributed by atoms with Crippen LogP contribution in [0, 0.1) is 11.8 Å². The average Bonchev–Trinajstić information content (AvgIpc) is 3.36. The number of fused-ring (bicyclic) bond motifs is 1. The minimum atomic E-state index is -0.218. The Morgan fingerprint density at radius 1 is 0.633 bits per heavy atom. The van der Waals surface area contributed by atoms with Crippen molar-refractivity contribution < 1.29 is 38.6 Å². The molecule has 30 heavy (non-hydrogen) atoms. The van der Waals surface area contributed by atoms with Crippen LogP contribution in [0.5, 0.6) is 34.5 Å². The molecule has 4 atom stereocenters. The molecule has 0 aromatic heterocycles. The highest BCUT2D eigenvalue weighted by molar-refractivity contribution is 5.54. The van der Waals surface area contributed by atoms with Gasteiger partial charge in [-0.3, -0.25) is 0 Å². The van der Waals surface area contributed by atoms with Gasteiger partial charge in [-0.2, -0.15) is 0 Å². The molecule has 0 unspecified atom stereocenters. The molecule has 162 valence electrons. The standard InChI is InChI=1S/C22H26O8/c1-25-15-5-11(6-16(26-2)19(15)23)21-13-9-30-22(14(13)10-29-21)12-7-17(27-3)20(24)18(8-12)28-4/h5-8,13-14,21-24H,9-10H2,1-4H3/t13-,14+,21+,22-. The Labute approximate surface area is 174 Å². The molecule has 0 aliphatic carbocycles. The van der Waals surface area contributed by atoms with Crippen LogP contribution in [-0.4, -0.2) is 51.9 Å². The maximum Gasteiger partial charge on any atom is 0.200 e. The summed E-state index contributed by atoms with van der Waals surface area (Å²) in [5, 5.41) is 20.4. The van der Waals surface area contributed by atoms with E-state index in [0.29, 0.717) is 36.2 Å². The molecule has 8 nitrogen and oxygen atoms in total. The quantitative estimate of drug-likeness (QED) is 0.738. The molecule has 2 heterocycles. The van der Waals surface area contributed by atoms with Gasteiger partial charge in [-0.15, -0.1) is 0 Å². The van der Waals surface area contributed by atoms with E-state index in [4.69, 9.17) is 28.4 Å². The van der Waals surface area contributed by atoms with Crippen molar-refractivity contribution in [1.29, 1.82) is 0 Å². The van der Waals surface area contributed by atoms with Gasteiger partial charge in [0, 0.05) is 11.8 Å². The van der Waals surface area contributed by atoms with Crippen molar-refractivity contribution in [3.8, 4) is 34.5 Å². The van der Waals surface area contributed by atoms with Crippen molar-refractivity contribution in [2.75, 3.05) is 41.7 Å². The van der Waals surface area contributed by atoms with Crippen LogP contribution >= 0.6 is 0 Å². The second-order valence-electron chi connectivity index (χ2n) is 7.38. The first-order valence-corrected chi connectivity index (χ1v) is 9.65. The Bertz CT molecular complexity index is 802. The van der Waals surface area contributed by atoms with Crippen LogP contribution in [0.3, 0.4) is 0 Å². The van der Waals surface area contributed by atoms with E-state index in [9.17, 15) is 10.2 Å². The van der Waals surface area contributed by atoms with Crippen molar-refractivity contribution in [2.45, 2.75) is 12.2 Å². The van der Waals surface area contributed by atoms with E-state index in [1.807, 2.05) is 0 Å². The SMILES string of the molecule is COc1cc([C@H]2OC[C@@H]3[C@@H]2CO[C@H]3c2cc(OC)c(O)c(OC)c2)cc(OC)c1O. The summed E-state index contributed by atoms with van der Waals surface area (Å²) in [4.78, 5) is 0. The fourth-order valence-corrected chi connectivity index (χ4v) is 4.39. The summed E-state index contributed by atoms with van der Waals surface area (Å²) in [6.07, 6.45) is -0.436. The molecule has 8 heteroatoms. The molecule has 2 N–H and O–H groups in total. The molecular weight excluding hydrogens is 392 g/mol. The normalized spacial score (nSPS) is 25.1. The van der Waals surface area contributed by atoms with Crippen LogP contribution in [0.25, 0.3) is 0 Å². The number of ether oxygens (including phenoxy) is 6. The van der Waals surface area contributed by atoms with Gasteiger partial charge < -0.3 is 38.6 Å². The van der Waals surface area contributed by atoms with Gasteiger partial charge in [0.25, 0.3) is 0 Å². The Kier molecular flexibility index (Phi) is 5.53. The van der Waals surface area contributed by atoms with E-state index in [0.717, 1.165) is 11.1 Å². The molecule has 2 saturated heterocycles. The Balaban J connectivity index is 1.63. The third kappa shape index (κ3) is 3.26. The van der Waals surface area contributed by atoms with Crippen LogP contribution < -0.4 is 18.9 Å². The maximum absolute atomic E-state index is 10.2. The lowest BCUT2D eigenvalue weighted by Gasteiger charge is -2.19. The predicted molar refractivity (Wildman–Crippen MR) is 107 cm³/mol. The van der Waals surface area contributed by atoms with E-state index in [2.05, 4.69) is 0 Å². The van der Waals surface area contributed by atoms with Gasteiger partial charge in [-0.05, 0) is 35.4 Å². The van der Waals surface area contributed by atoms with Crippen molar-refractivity contribution in [1.82, 2.24) is 0 Å². The van der Waals surface area contributed by atoms with Crippen LogP contribution in [0.4, 0.5) is 0 Å². The van der Waals surface area contributed by atoms with Gasteiger partial charge in [0.05, 0.1) is 53.9 Å². The van der Waals surface area contributed by atoms with Crippen LogP contribution in [0.2, 0.25) is 0 Å². The fraction of sp³-hybridized carbons (Fsp3) is 0.455. The minimum Gasteiger partial charge on any atom is -0.502 e. The van der Waals surface area contributed by atoms with E-state index in [-0.39, 0.29) is 35.5 Å². The molecule has 2 fully saturated rings. The Morgan fingerprint density at radius 3 is 1.20 bits per heavy atom. The summed E-state index contributed by atoms with van der Waals surface area (Å²) in [5.41, 5.74) is 1.72. The second-order valence-corrected chi connectivity index (χ2v) is 7.38. The molecule has 0 saturated carbocycles. The monoisotopic (exact) mass is 418 g/mol. The zero-order chi connectivity index (χ0) is 21.4. The molecular formula is C22H26O8. The van der Waals surface area contributed by atoms with Gasteiger partial charge >= 0.3 is 0 Å². The molecule has 2 aromatic carbocycles. The predicted octanol–water partition coefficient (Wildman–Crippen LogP) is 3.21. The number of aromatic hydroxyl groups is 2. The molecule has 0 spiro atoms. The van der Waals surface area contributed by atoms with Crippen LogP contribution in [-0.2, 0) is 9.47 Å². The fourth-order valence-electron chi connectivity index (χ4n) is 4.39. The number of phenols is 2. The molecule has 0 bridgehead atoms. The van der Waals surface area contributed by atoms with Crippen molar-refractivity contribution >= 4 is 0 Å². The van der Waals surface area contributed by atoms with Crippen molar-refractivity contribution in [3.63, 3.8) is 0 Å². The number of rotatable bonds is 6. The summed E-state index contributed by atoms with van der Waals surface area (Å²) >= 11 is 0. The largest absolute Gasteiger partial charge is 0.502 e. The Hall–Kier alpha value is -2.84. The molecule has 0 radical (unpaired) electrons. The third-order valence-electron chi connectivity index (χ3n) is 5.93. The summed E-state index contributed by atoms with van der Waals surface area (Å²) in [6.45, 7) is 1.02. The maximum atomic E-state index is 10.2. The zero-order valence-electron chi connectivity index (χ0n) is 17.4. The van der Waals surface area contributed by atoms with Crippen LogP contribution in [0.15, 0.2) is 24.3 Å². The third-order valence-corrected chi connectivity index (χ3v) is 5.93. The van der Waals surface area contributed by atoms with Crippen molar-refractivity contribution in [3.05, 3.63) is 35.4 Å². The number of phenolic OH excluding ortho intramolecular Hbond substituents is 2. The smallest absolute Gasteiger partial charge is 0.200 e. The molecule has 2 aliphatic heterocycles. The molecule has 2 aromatic rings. The first-order valence-electron chi connectivity index (χ1n) is 9.65. The molecule has 4 rings (SSSR count). The van der Waals surface area contributed by atoms with Gasteiger partial charge in [-0.25, -0.2) is 0 Å². The number of benzene rings is 2. The van der Waals surface area contributed by atoms with Gasteiger partial charge in [0.15, 0.2) is 23.0 Å². The van der Waals surface area contributed by atoms with Crippen LogP contribution in [0.1, 0.15) is 23.3 Å². The lowest BCUT2D eigenvalue weighted by molar-refractivity contribution is 0.0190. The zero-order valence-corrected chi connectivity index (χ0v) is 17.4. The van der Waals surface area contributed by atoms with E-state index >= 15 is 0 Å². The molecule has 2 aliphatic rings. The van der Waals surface area contributed by atoms with E-state index < -0.39 is 0 Å². The Morgan fingerprint density at radius 2 is 0.933 bits per heavy atom. The van der Waals surface area contributed by atoms with E-state index in [1.54, 1.807) is 24.3 Å². The summed E-state index contributed by atoms with van der Waals surface area (Å²) in [5.74, 6) is 1.48. The second kappa shape index (κ2) is 8.12. The first kappa shape index (κ1) is 20.4. The summed E-state index contributed by atoms with van der Waals surface area (Å²) in [7, 11) is 5.99. The highest BCUT2D eigenvalue weighted by Crippen LogP contribution is 2.53. The van der Waals surface area contributed by atoms with Gasteiger partial charge in [0.1, 0.15) is 0 Å².